The summed E-state index contributed by atoms with van der Waals surface area (Å²) in [4.78, 5) is 22.6. The number of nitrogens with one attached hydrogen (secondary N) is 3. The summed E-state index contributed by atoms with van der Waals surface area (Å²) >= 11 is 0. The number of benzene rings is 1. The highest BCUT2D eigenvalue weighted by atomic mass is 16.5. The van der Waals surface area contributed by atoms with Gasteiger partial charge in [-0.1, -0.05) is 18.2 Å². The van der Waals surface area contributed by atoms with E-state index >= 15 is 0 Å². The van der Waals surface area contributed by atoms with Crippen LogP contribution in [0.4, 0.5) is 10.5 Å². The van der Waals surface area contributed by atoms with E-state index in [2.05, 4.69) is 16.2 Å². The van der Waals surface area contributed by atoms with Crippen LogP contribution in [0.15, 0.2) is 30.3 Å². The topological polar surface area (TPSA) is 79.5 Å². The number of hydrogen-bond donors (Lipinski definition) is 3. The van der Waals surface area contributed by atoms with Crippen molar-refractivity contribution in [1.29, 1.82) is 0 Å². The maximum absolute atomic E-state index is 11.4. The third kappa shape index (κ3) is 5.86. The predicted octanol–water partition coefficient (Wildman–Crippen LogP) is 1.27. The van der Waals surface area contributed by atoms with E-state index < -0.39 is 6.03 Å². The molecule has 0 fully saturated rings. The maximum Gasteiger partial charge on any atom is 0.337 e. The minimum absolute atomic E-state index is 0.208. The number of para-hydroxylation sites is 1. The summed E-state index contributed by atoms with van der Waals surface area (Å²) in [6.45, 7) is 2.75. The van der Waals surface area contributed by atoms with E-state index in [1.807, 2.05) is 13.0 Å². The van der Waals surface area contributed by atoms with Crippen LogP contribution in [0.5, 0.6) is 0 Å². The Labute approximate surface area is 106 Å². The lowest BCUT2D eigenvalue weighted by molar-refractivity contribution is -0.122. The zero-order valence-corrected chi connectivity index (χ0v) is 10.2. The molecule has 18 heavy (non-hydrogen) atoms. The smallest absolute Gasteiger partial charge is 0.337 e. The third-order valence-corrected chi connectivity index (χ3v) is 2.02. The van der Waals surface area contributed by atoms with Crippen LogP contribution in [0.25, 0.3) is 0 Å². The zero-order valence-electron chi connectivity index (χ0n) is 10.2. The van der Waals surface area contributed by atoms with Gasteiger partial charge in [0.2, 0.25) is 5.91 Å². The van der Waals surface area contributed by atoms with Crippen molar-refractivity contribution in [2.24, 2.45) is 0 Å². The summed E-state index contributed by atoms with van der Waals surface area (Å²) < 4.78 is 5.02. The summed E-state index contributed by atoms with van der Waals surface area (Å²) in [6, 6.07) is 8.45. The van der Waals surface area contributed by atoms with Gasteiger partial charge in [0.25, 0.3) is 0 Å². The molecule has 3 N–H and O–H groups in total. The van der Waals surface area contributed by atoms with Gasteiger partial charge in [-0.2, -0.15) is 0 Å². The molecule has 6 heteroatoms. The second-order valence-corrected chi connectivity index (χ2v) is 3.44. The average molecular weight is 251 g/mol. The lowest BCUT2D eigenvalue weighted by Gasteiger charge is -2.08. The standard InChI is InChI=1S/C12H17N3O3/c1-2-18-9-8-11(16)14-15-12(17)13-10-6-4-3-5-7-10/h3-7H,2,8-9H2,1H3,(H,14,16)(H2,13,15,17). The Kier molecular flexibility index (Phi) is 6.27. The molecular formula is C12H17N3O3. The molecule has 0 bridgehead atoms. The summed E-state index contributed by atoms with van der Waals surface area (Å²) in [7, 11) is 0. The largest absolute Gasteiger partial charge is 0.381 e. The predicted molar refractivity (Wildman–Crippen MR) is 67.8 cm³/mol. The molecule has 0 aromatic heterocycles. The second-order valence-electron chi connectivity index (χ2n) is 3.44. The van der Waals surface area contributed by atoms with E-state index in [1.165, 1.54) is 0 Å². The zero-order chi connectivity index (χ0) is 13.2. The number of carbonyl (C=O) groups excluding carboxylic acids is 2. The molecule has 0 unspecified atom stereocenters. The van der Waals surface area contributed by atoms with Gasteiger partial charge in [0.05, 0.1) is 13.0 Å². The summed E-state index contributed by atoms with van der Waals surface area (Å²) in [5.41, 5.74) is 5.18. The molecule has 0 saturated carbocycles. The van der Waals surface area contributed by atoms with E-state index in [9.17, 15) is 9.59 Å². The van der Waals surface area contributed by atoms with Crippen LogP contribution in [0, 0.1) is 0 Å². The highest BCUT2D eigenvalue weighted by Gasteiger charge is 2.04. The van der Waals surface area contributed by atoms with Crippen LogP contribution in [0.1, 0.15) is 13.3 Å². The minimum Gasteiger partial charge on any atom is -0.381 e. The number of carbonyl (C=O) groups is 2. The van der Waals surface area contributed by atoms with Gasteiger partial charge in [0.15, 0.2) is 0 Å². The van der Waals surface area contributed by atoms with Crippen LogP contribution < -0.4 is 16.2 Å². The highest BCUT2D eigenvalue weighted by molar-refractivity contribution is 5.90. The van der Waals surface area contributed by atoms with E-state index in [1.54, 1.807) is 24.3 Å². The van der Waals surface area contributed by atoms with Crippen LogP contribution in [-0.2, 0) is 9.53 Å². The van der Waals surface area contributed by atoms with Gasteiger partial charge in [-0.05, 0) is 19.1 Å². The van der Waals surface area contributed by atoms with Gasteiger partial charge < -0.3 is 10.1 Å². The average Bonchev–Trinajstić information content (AvgIpc) is 2.38. The molecule has 0 radical (unpaired) electrons. The van der Waals surface area contributed by atoms with Gasteiger partial charge in [0, 0.05) is 12.3 Å². The lowest BCUT2D eigenvalue weighted by Crippen LogP contribution is -2.44. The normalized spacial score (nSPS) is 9.61. The molecule has 3 amide bonds. The van der Waals surface area contributed by atoms with Gasteiger partial charge >= 0.3 is 6.03 Å². The SMILES string of the molecule is CCOCCC(=O)NNC(=O)Nc1ccccc1. The first-order valence-electron chi connectivity index (χ1n) is 5.71. The van der Waals surface area contributed by atoms with E-state index in [0.717, 1.165) is 0 Å². The molecule has 0 aliphatic carbocycles. The van der Waals surface area contributed by atoms with Gasteiger partial charge in [-0.15, -0.1) is 0 Å². The molecule has 0 heterocycles. The Hall–Kier alpha value is -2.08. The number of urea groups is 1. The van der Waals surface area contributed by atoms with Crippen molar-refractivity contribution >= 4 is 17.6 Å². The van der Waals surface area contributed by atoms with Crippen molar-refractivity contribution in [2.75, 3.05) is 18.5 Å². The van der Waals surface area contributed by atoms with Crippen LogP contribution >= 0.6 is 0 Å². The molecule has 0 saturated heterocycles. The monoisotopic (exact) mass is 251 g/mol. The van der Waals surface area contributed by atoms with Crippen molar-refractivity contribution in [3.63, 3.8) is 0 Å². The molecule has 0 atom stereocenters. The Morgan fingerprint density at radius 1 is 1.17 bits per heavy atom. The number of hydrazine groups is 1. The number of anilines is 1. The third-order valence-electron chi connectivity index (χ3n) is 2.02. The van der Waals surface area contributed by atoms with Crippen molar-refractivity contribution in [3.05, 3.63) is 30.3 Å². The Balaban J connectivity index is 2.19. The molecule has 98 valence electrons. The first-order chi connectivity index (χ1) is 8.72. The first-order valence-corrected chi connectivity index (χ1v) is 5.71. The molecule has 6 nitrogen and oxygen atoms in total. The van der Waals surface area contributed by atoms with E-state index in [0.29, 0.717) is 18.9 Å². The van der Waals surface area contributed by atoms with Gasteiger partial charge in [0.1, 0.15) is 0 Å². The fourth-order valence-electron chi connectivity index (χ4n) is 1.18. The molecule has 0 aliphatic heterocycles. The van der Waals surface area contributed by atoms with Gasteiger partial charge in [-0.3, -0.25) is 10.2 Å². The second kappa shape index (κ2) is 8.08. The quantitative estimate of drug-likeness (QED) is 0.544. The molecule has 1 aromatic rings. The molecule has 0 aliphatic rings. The van der Waals surface area contributed by atoms with Crippen LogP contribution in [0.3, 0.4) is 0 Å². The Bertz CT molecular complexity index is 381. The van der Waals surface area contributed by atoms with Crippen molar-refractivity contribution in [3.8, 4) is 0 Å². The lowest BCUT2D eigenvalue weighted by atomic mass is 10.3. The summed E-state index contributed by atoms with van der Waals surface area (Å²) in [5, 5.41) is 2.57. The fraction of sp³-hybridized carbons (Fsp3) is 0.333. The molecule has 0 spiro atoms. The van der Waals surface area contributed by atoms with E-state index in [4.69, 9.17) is 4.74 Å². The highest BCUT2D eigenvalue weighted by Crippen LogP contribution is 2.03. The van der Waals surface area contributed by atoms with Crippen LogP contribution in [0.2, 0.25) is 0 Å². The summed E-state index contributed by atoms with van der Waals surface area (Å²) in [6.07, 6.45) is 0.208. The van der Waals surface area contributed by atoms with Gasteiger partial charge in [-0.25, -0.2) is 10.2 Å². The van der Waals surface area contributed by atoms with E-state index in [-0.39, 0.29) is 12.3 Å². The number of ether oxygens (including phenoxy) is 1. The number of hydrogen-bond acceptors (Lipinski definition) is 3. The summed E-state index contributed by atoms with van der Waals surface area (Å²) in [5.74, 6) is -0.299. The minimum atomic E-state index is -0.494. The van der Waals surface area contributed by atoms with Crippen LogP contribution in [-0.4, -0.2) is 25.2 Å². The van der Waals surface area contributed by atoms with Crippen molar-refractivity contribution in [1.82, 2.24) is 10.9 Å². The first kappa shape index (κ1) is 14.0. The number of rotatable bonds is 5. The Morgan fingerprint density at radius 2 is 1.89 bits per heavy atom. The Morgan fingerprint density at radius 3 is 2.56 bits per heavy atom. The molecule has 1 aromatic carbocycles. The fourth-order valence-corrected chi connectivity index (χ4v) is 1.18. The maximum atomic E-state index is 11.4. The number of amides is 3. The van der Waals surface area contributed by atoms with Crippen molar-refractivity contribution < 1.29 is 14.3 Å². The molecule has 1 rings (SSSR count). The van der Waals surface area contributed by atoms with Crippen molar-refractivity contribution in [2.45, 2.75) is 13.3 Å². The molecular weight excluding hydrogens is 234 g/mol.